The van der Waals surface area contributed by atoms with Crippen LogP contribution in [0.1, 0.15) is 55.2 Å². The standard InChI is InChI=1S/C21H28N4O2S/c22-12-18-16-7-1-2-8-17(16)20(25-9-3-4-10-25)24-21(18)28-14-19(26)23-13-15-6-5-11-27-15/h15H,1-11,13-14H2,(H,23,26)/p+1/t15-/m0/s1. The number of nitriles is 1. The van der Waals surface area contributed by atoms with Gasteiger partial charge in [-0.3, -0.25) is 9.69 Å². The van der Waals surface area contributed by atoms with E-state index in [1.165, 1.54) is 48.0 Å². The molecule has 2 aliphatic heterocycles. The van der Waals surface area contributed by atoms with Gasteiger partial charge in [0.25, 0.3) is 5.82 Å². The highest BCUT2D eigenvalue weighted by Gasteiger charge is 2.31. The fraction of sp³-hybridized carbons (Fsp3) is 0.667. The maximum atomic E-state index is 12.3. The molecule has 1 aliphatic carbocycles. The number of ether oxygens (including phenoxy) is 1. The molecule has 150 valence electrons. The number of carbonyl (C=O) groups is 1. The third kappa shape index (κ3) is 4.28. The van der Waals surface area contributed by atoms with E-state index in [0.717, 1.165) is 62.4 Å². The van der Waals surface area contributed by atoms with Crippen molar-refractivity contribution in [1.29, 1.82) is 5.26 Å². The molecule has 28 heavy (non-hydrogen) atoms. The molecule has 4 rings (SSSR count). The molecule has 3 aliphatic rings. The Balaban J connectivity index is 1.49. The summed E-state index contributed by atoms with van der Waals surface area (Å²) in [6, 6.07) is 2.42. The molecule has 0 aromatic carbocycles. The first-order chi connectivity index (χ1) is 13.8. The molecule has 1 atom stereocenters. The highest BCUT2D eigenvalue weighted by molar-refractivity contribution is 7.99. The fourth-order valence-corrected chi connectivity index (χ4v) is 5.34. The summed E-state index contributed by atoms with van der Waals surface area (Å²) in [6.45, 7) is 3.52. The summed E-state index contributed by atoms with van der Waals surface area (Å²) < 4.78 is 5.56. The van der Waals surface area contributed by atoms with Crippen LogP contribution in [-0.2, 0) is 22.4 Å². The van der Waals surface area contributed by atoms with Crippen LogP contribution in [0.25, 0.3) is 0 Å². The van der Waals surface area contributed by atoms with Crippen molar-refractivity contribution in [2.45, 2.75) is 62.5 Å². The maximum Gasteiger partial charge on any atom is 0.278 e. The summed E-state index contributed by atoms with van der Waals surface area (Å²) in [5.41, 5.74) is 3.28. The predicted octanol–water partition coefficient (Wildman–Crippen LogP) is 2.24. The van der Waals surface area contributed by atoms with Gasteiger partial charge in [0.05, 0.1) is 24.9 Å². The second kappa shape index (κ2) is 9.15. The molecule has 0 saturated carbocycles. The first kappa shape index (κ1) is 19.5. The van der Waals surface area contributed by atoms with Crippen molar-refractivity contribution in [2.75, 3.05) is 36.9 Å². The highest BCUT2D eigenvalue weighted by Crippen LogP contribution is 2.34. The Bertz CT molecular complexity index is 765. The molecule has 1 aromatic rings. The molecule has 7 heteroatoms. The Morgan fingerprint density at radius 2 is 2.00 bits per heavy atom. The van der Waals surface area contributed by atoms with Crippen molar-refractivity contribution in [2.24, 2.45) is 0 Å². The molecule has 2 N–H and O–H groups in total. The number of aromatic amines is 1. The summed E-state index contributed by atoms with van der Waals surface area (Å²) in [6.07, 6.45) is 9.01. The molecule has 2 fully saturated rings. The Kier molecular flexibility index (Phi) is 6.38. The minimum absolute atomic E-state index is 0.00164. The van der Waals surface area contributed by atoms with Crippen molar-refractivity contribution in [3.05, 3.63) is 16.7 Å². The second-order valence-electron chi connectivity index (χ2n) is 7.88. The first-order valence-corrected chi connectivity index (χ1v) is 11.5. The number of carbonyl (C=O) groups excluding carboxylic acids is 1. The van der Waals surface area contributed by atoms with Crippen LogP contribution in [0, 0.1) is 11.3 Å². The fourth-order valence-electron chi connectivity index (χ4n) is 4.48. The lowest BCUT2D eigenvalue weighted by molar-refractivity contribution is -0.414. The van der Waals surface area contributed by atoms with Gasteiger partial charge in [0, 0.05) is 18.7 Å². The van der Waals surface area contributed by atoms with E-state index in [1.54, 1.807) is 0 Å². The molecular formula is C21H29N4O2S+. The van der Waals surface area contributed by atoms with E-state index in [2.05, 4.69) is 21.3 Å². The van der Waals surface area contributed by atoms with E-state index in [9.17, 15) is 10.1 Å². The second-order valence-corrected chi connectivity index (χ2v) is 8.86. The van der Waals surface area contributed by atoms with Gasteiger partial charge in [0.2, 0.25) is 5.91 Å². The number of rotatable bonds is 6. The number of fused-ring (bicyclic) bond motifs is 1. The zero-order chi connectivity index (χ0) is 19.3. The van der Waals surface area contributed by atoms with E-state index in [-0.39, 0.29) is 12.0 Å². The number of hydrogen-bond acceptors (Lipinski definition) is 5. The Morgan fingerprint density at radius 1 is 1.21 bits per heavy atom. The van der Waals surface area contributed by atoms with E-state index in [1.807, 2.05) is 0 Å². The zero-order valence-electron chi connectivity index (χ0n) is 16.4. The average molecular weight is 402 g/mol. The summed E-state index contributed by atoms with van der Waals surface area (Å²) in [7, 11) is 0. The van der Waals surface area contributed by atoms with E-state index >= 15 is 0 Å². The number of H-pyrrole nitrogens is 1. The average Bonchev–Trinajstić information content (AvgIpc) is 3.44. The number of nitrogens with one attached hydrogen (secondary N) is 2. The molecule has 3 heterocycles. The number of nitrogens with zero attached hydrogens (tertiary/aromatic N) is 2. The zero-order valence-corrected chi connectivity index (χ0v) is 17.2. The lowest BCUT2D eigenvalue weighted by Crippen LogP contribution is -2.34. The molecule has 1 amide bonds. The monoisotopic (exact) mass is 401 g/mol. The van der Waals surface area contributed by atoms with Gasteiger partial charge in [0.1, 0.15) is 11.6 Å². The van der Waals surface area contributed by atoms with Crippen molar-refractivity contribution >= 4 is 23.5 Å². The van der Waals surface area contributed by atoms with E-state index in [0.29, 0.717) is 12.3 Å². The van der Waals surface area contributed by atoms with Gasteiger partial charge in [-0.25, -0.2) is 4.98 Å². The largest absolute Gasteiger partial charge is 0.376 e. The predicted molar refractivity (Wildman–Crippen MR) is 109 cm³/mol. The topological polar surface area (TPSA) is 79.5 Å². The van der Waals surface area contributed by atoms with Gasteiger partial charge in [-0.05, 0) is 56.9 Å². The molecule has 0 bridgehead atoms. The van der Waals surface area contributed by atoms with Crippen molar-refractivity contribution in [3.8, 4) is 6.07 Å². The molecular weight excluding hydrogens is 372 g/mol. The third-order valence-corrected chi connectivity index (χ3v) is 6.95. The van der Waals surface area contributed by atoms with Gasteiger partial charge in [0.15, 0.2) is 5.03 Å². The number of aromatic nitrogens is 1. The first-order valence-electron chi connectivity index (χ1n) is 10.5. The maximum absolute atomic E-state index is 12.3. The normalized spacial score (nSPS) is 21.4. The Hall–Kier alpha value is -1.78. The van der Waals surface area contributed by atoms with Gasteiger partial charge in [-0.1, -0.05) is 11.8 Å². The number of amides is 1. The van der Waals surface area contributed by atoms with Crippen LogP contribution in [0.5, 0.6) is 0 Å². The smallest absolute Gasteiger partial charge is 0.278 e. The van der Waals surface area contributed by atoms with Crippen LogP contribution in [-0.4, -0.2) is 44.0 Å². The van der Waals surface area contributed by atoms with Crippen LogP contribution in [0.2, 0.25) is 0 Å². The Morgan fingerprint density at radius 3 is 2.71 bits per heavy atom. The lowest BCUT2D eigenvalue weighted by atomic mass is 9.89. The number of pyridine rings is 1. The third-order valence-electron chi connectivity index (χ3n) is 5.95. The Labute approximate surface area is 171 Å². The highest BCUT2D eigenvalue weighted by atomic mass is 32.2. The minimum Gasteiger partial charge on any atom is -0.376 e. The quantitative estimate of drug-likeness (QED) is 0.740. The van der Waals surface area contributed by atoms with Crippen molar-refractivity contribution < 1.29 is 14.5 Å². The number of thioether (sulfide) groups is 1. The van der Waals surface area contributed by atoms with Crippen LogP contribution in [0.4, 0.5) is 5.82 Å². The lowest BCUT2D eigenvalue weighted by Gasteiger charge is -2.22. The summed E-state index contributed by atoms with van der Waals surface area (Å²) in [5, 5.41) is 13.6. The van der Waals surface area contributed by atoms with E-state index in [4.69, 9.17) is 4.74 Å². The van der Waals surface area contributed by atoms with Crippen molar-refractivity contribution in [3.63, 3.8) is 0 Å². The summed E-state index contributed by atoms with van der Waals surface area (Å²) >= 11 is 1.45. The molecule has 0 radical (unpaired) electrons. The van der Waals surface area contributed by atoms with Crippen LogP contribution >= 0.6 is 11.8 Å². The molecule has 2 saturated heterocycles. The molecule has 0 unspecified atom stereocenters. The van der Waals surface area contributed by atoms with Crippen LogP contribution in [0.15, 0.2) is 5.03 Å². The molecule has 1 aromatic heterocycles. The number of anilines is 1. The summed E-state index contributed by atoms with van der Waals surface area (Å²) in [5.74, 6) is 1.50. The molecule has 0 spiro atoms. The summed E-state index contributed by atoms with van der Waals surface area (Å²) in [4.78, 5) is 18.3. The number of hydrogen-bond donors (Lipinski definition) is 1. The van der Waals surface area contributed by atoms with Gasteiger partial charge < -0.3 is 10.1 Å². The van der Waals surface area contributed by atoms with E-state index < -0.39 is 0 Å². The molecule has 6 nitrogen and oxygen atoms in total. The van der Waals surface area contributed by atoms with Crippen molar-refractivity contribution in [1.82, 2.24) is 5.32 Å². The van der Waals surface area contributed by atoms with Gasteiger partial charge in [-0.2, -0.15) is 5.26 Å². The van der Waals surface area contributed by atoms with Crippen LogP contribution < -0.4 is 15.2 Å². The van der Waals surface area contributed by atoms with Gasteiger partial charge >= 0.3 is 0 Å². The van der Waals surface area contributed by atoms with Crippen LogP contribution in [0.3, 0.4) is 0 Å². The minimum atomic E-state index is -0.00164. The van der Waals surface area contributed by atoms with Gasteiger partial charge in [-0.15, -0.1) is 0 Å². The SMILES string of the molecule is N#Cc1c(SCC(=O)NC[C@@H]2CCCO2)[nH+]c(N2CCCC2)c2c1CCCC2.